The minimum absolute atomic E-state index is 0.0800. The average Bonchev–Trinajstić information content (AvgIpc) is 2.72. The van der Waals surface area contributed by atoms with Crippen LogP contribution in [0.4, 0.5) is 0 Å². The predicted octanol–water partition coefficient (Wildman–Crippen LogP) is 0.571. The van der Waals surface area contributed by atoms with Gasteiger partial charge in [-0.25, -0.2) is 0 Å². The van der Waals surface area contributed by atoms with Gasteiger partial charge in [-0.1, -0.05) is 11.8 Å². The summed E-state index contributed by atoms with van der Waals surface area (Å²) < 4.78 is 0. The molecule has 13 heavy (non-hydrogen) atoms. The van der Waals surface area contributed by atoms with Crippen molar-refractivity contribution in [3.8, 4) is 12.3 Å². The van der Waals surface area contributed by atoms with E-state index in [-0.39, 0.29) is 11.8 Å². The molecule has 2 rings (SSSR count). The van der Waals surface area contributed by atoms with Crippen molar-refractivity contribution in [2.45, 2.75) is 6.42 Å². The van der Waals surface area contributed by atoms with Crippen LogP contribution >= 0.6 is 11.8 Å². The summed E-state index contributed by atoms with van der Waals surface area (Å²) in [6.07, 6.45) is 5.76. The van der Waals surface area contributed by atoms with Crippen LogP contribution in [-0.2, 0) is 4.79 Å². The lowest BCUT2D eigenvalue weighted by molar-refractivity contribution is -0.124. The molecule has 0 radical (unpaired) electrons. The van der Waals surface area contributed by atoms with Crippen LogP contribution in [0.2, 0.25) is 0 Å². The minimum atomic E-state index is 0.0800. The number of thioether (sulfide) groups is 1. The Morgan fingerprint density at radius 2 is 2.54 bits per heavy atom. The lowest BCUT2D eigenvalue weighted by Gasteiger charge is -2.13. The molecule has 0 N–H and O–H groups in total. The van der Waals surface area contributed by atoms with Crippen LogP contribution in [0.15, 0.2) is 4.99 Å². The molecule has 0 bridgehead atoms. The number of amides is 1. The van der Waals surface area contributed by atoms with E-state index < -0.39 is 0 Å². The first kappa shape index (κ1) is 8.64. The summed E-state index contributed by atoms with van der Waals surface area (Å²) in [6, 6.07) is 0. The van der Waals surface area contributed by atoms with Crippen molar-refractivity contribution in [1.29, 1.82) is 0 Å². The first-order valence-electron chi connectivity index (χ1n) is 4.25. The van der Waals surface area contributed by atoms with Crippen molar-refractivity contribution in [3.05, 3.63) is 0 Å². The molecule has 1 fully saturated rings. The third-order valence-electron chi connectivity index (χ3n) is 2.16. The van der Waals surface area contributed by atoms with Crippen molar-refractivity contribution in [1.82, 2.24) is 4.90 Å². The van der Waals surface area contributed by atoms with Gasteiger partial charge in [0.05, 0.1) is 6.54 Å². The Balaban J connectivity index is 2.09. The molecule has 2 heterocycles. The van der Waals surface area contributed by atoms with Gasteiger partial charge in [0.1, 0.15) is 0 Å². The van der Waals surface area contributed by atoms with Crippen LogP contribution in [0, 0.1) is 18.3 Å². The molecule has 4 heteroatoms. The Kier molecular flexibility index (Phi) is 2.28. The van der Waals surface area contributed by atoms with Crippen LogP contribution in [0.1, 0.15) is 6.42 Å². The van der Waals surface area contributed by atoms with E-state index >= 15 is 0 Å². The van der Waals surface area contributed by atoms with E-state index in [9.17, 15) is 4.79 Å². The first-order chi connectivity index (χ1) is 6.31. The van der Waals surface area contributed by atoms with E-state index in [1.807, 2.05) is 0 Å². The van der Waals surface area contributed by atoms with E-state index in [4.69, 9.17) is 6.42 Å². The van der Waals surface area contributed by atoms with Gasteiger partial charge in [-0.05, 0) is 0 Å². The maximum Gasteiger partial charge on any atom is 0.229 e. The molecule has 2 aliphatic heterocycles. The number of terminal acetylenes is 1. The second kappa shape index (κ2) is 3.43. The van der Waals surface area contributed by atoms with Gasteiger partial charge in [0, 0.05) is 24.6 Å². The van der Waals surface area contributed by atoms with Gasteiger partial charge in [0.25, 0.3) is 0 Å². The molecule has 0 aromatic heterocycles. The molecule has 0 aromatic carbocycles. The number of hydrogen-bond acceptors (Lipinski definition) is 3. The highest BCUT2D eigenvalue weighted by Gasteiger charge is 2.32. The quantitative estimate of drug-likeness (QED) is 0.528. The Labute approximate surface area is 81.6 Å². The third-order valence-corrected chi connectivity index (χ3v) is 3.16. The fourth-order valence-corrected chi connectivity index (χ4v) is 2.37. The van der Waals surface area contributed by atoms with Crippen molar-refractivity contribution >= 4 is 22.8 Å². The molecule has 3 nitrogen and oxygen atoms in total. The lowest BCUT2D eigenvalue weighted by Crippen LogP contribution is -2.29. The molecule has 1 atom stereocenters. The second-order valence-electron chi connectivity index (χ2n) is 3.08. The summed E-state index contributed by atoms with van der Waals surface area (Å²) in [5, 5.41) is 0.864. The van der Waals surface area contributed by atoms with Crippen LogP contribution < -0.4 is 0 Å². The third kappa shape index (κ3) is 1.56. The van der Waals surface area contributed by atoms with Crippen molar-refractivity contribution < 1.29 is 4.79 Å². The fourth-order valence-electron chi connectivity index (χ4n) is 1.49. The Hall–Kier alpha value is -0.950. The van der Waals surface area contributed by atoms with Gasteiger partial charge in [-0.2, -0.15) is 0 Å². The molecule has 68 valence electrons. The number of rotatable bonds is 0. The zero-order valence-electron chi connectivity index (χ0n) is 7.19. The number of amidine groups is 1. The van der Waals surface area contributed by atoms with E-state index in [1.165, 1.54) is 0 Å². The zero-order valence-corrected chi connectivity index (χ0v) is 8.01. The smallest absolute Gasteiger partial charge is 0.229 e. The molecule has 0 saturated carbocycles. The number of nitrogens with zero attached hydrogens (tertiary/aromatic N) is 2. The van der Waals surface area contributed by atoms with Crippen molar-refractivity contribution in [2.24, 2.45) is 10.9 Å². The van der Waals surface area contributed by atoms with Gasteiger partial charge in [0.2, 0.25) is 5.91 Å². The highest BCUT2D eigenvalue weighted by atomic mass is 32.2. The van der Waals surface area contributed by atoms with Gasteiger partial charge in [-0.15, -0.1) is 12.3 Å². The van der Waals surface area contributed by atoms with E-state index in [0.29, 0.717) is 13.0 Å². The molecule has 1 unspecified atom stereocenters. The van der Waals surface area contributed by atoms with Crippen molar-refractivity contribution in [2.75, 3.05) is 18.8 Å². The number of carbonyl (C=O) groups excluding carboxylic acids is 1. The summed E-state index contributed by atoms with van der Waals surface area (Å²) in [6.45, 7) is 1.48. The molecule has 1 saturated heterocycles. The molecular weight excluding hydrogens is 184 g/mol. The molecule has 2 aliphatic rings. The highest BCUT2D eigenvalue weighted by Crippen LogP contribution is 2.23. The van der Waals surface area contributed by atoms with Crippen LogP contribution in [0.5, 0.6) is 0 Å². The highest BCUT2D eigenvalue weighted by molar-refractivity contribution is 8.14. The van der Waals surface area contributed by atoms with Crippen LogP contribution in [0.3, 0.4) is 0 Å². The summed E-state index contributed by atoms with van der Waals surface area (Å²) in [4.78, 5) is 17.4. The Morgan fingerprint density at radius 3 is 3.08 bits per heavy atom. The number of hydrogen-bond donors (Lipinski definition) is 0. The first-order valence-corrected chi connectivity index (χ1v) is 5.23. The van der Waals surface area contributed by atoms with Gasteiger partial charge in [-0.3, -0.25) is 14.7 Å². The number of likely N-dealkylation sites (tertiary alicyclic amines) is 1. The summed E-state index contributed by atoms with van der Waals surface area (Å²) >= 11 is 1.64. The monoisotopic (exact) mass is 194 g/mol. The predicted molar refractivity (Wildman–Crippen MR) is 53.4 cm³/mol. The second-order valence-corrected chi connectivity index (χ2v) is 4.15. The average molecular weight is 194 g/mol. The number of aliphatic imine (C=N–C) groups is 1. The van der Waals surface area contributed by atoms with E-state index in [2.05, 4.69) is 10.9 Å². The summed E-state index contributed by atoms with van der Waals surface area (Å²) in [5.41, 5.74) is 0. The Morgan fingerprint density at radius 1 is 1.69 bits per heavy atom. The zero-order chi connectivity index (χ0) is 9.26. The lowest BCUT2D eigenvalue weighted by atomic mass is 10.1. The molecule has 0 aromatic rings. The molecular formula is C9H10N2OS. The fraction of sp³-hybridized carbons (Fsp3) is 0.556. The largest absolute Gasteiger partial charge is 0.290 e. The van der Waals surface area contributed by atoms with Gasteiger partial charge in [0.15, 0.2) is 5.17 Å². The molecule has 0 aliphatic carbocycles. The SMILES string of the molecule is C#CC1CC(=O)N(C2=NCCS2)C1. The van der Waals surface area contributed by atoms with Gasteiger partial charge >= 0.3 is 0 Å². The Bertz CT molecular complexity index is 305. The topological polar surface area (TPSA) is 32.7 Å². The van der Waals surface area contributed by atoms with Crippen LogP contribution in [-0.4, -0.2) is 34.8 Å². The number of carbonyl (C=O) groups is 1. The maximum absolute atomic E-state index is 11.5. The van der Waals surface area contributed by atoms with Gasteiger partial charge < -0.3 is 0 Å². The standard InChI is InChI=1S/C9H10N2OS/c1-2-7-5-8(12)11(6-7)9-10-3-4-13-9/h1,7H,3-6H2. The summed E-state index contributed by atoms with van der Waals surface area (Å²) in [7, 11) is 0. The van der Waals surface area contributed by atoms with Crippen molar-refractivity contribution in [3.63, 3.8) is 0 Å². The minimum Gasteiger partial charge on any atom is -0.290 e. The maximum atomic E-state index is 11.5. The summed E-state index contributed by atoms with van der Waals surface area (Å²) in [5.74, 6) is 3.81. The molecule has 1 amide bonds. The molecule has 0 spiro atoms. The van der Waals surface area contributed by atoms with E-state index in [1.54, 1.807) is 16.7 Å². The van der Waals surface area contributed by atoms with E-state index in [0.717, 1.165) is 17.5 Å². The normalized spacial score (nSPS) is 27.6. The van der Waals surface area contributed by atoms with Crippen LogP contribution in [0.25, 0.3) is 0 Å².